The van der Waals surface area contributed by atoms with E-state index in [2.05, 4.69) is 47.6 Å². The predicted octanol–water partition coefficient (Wildman–Crippen LogP) is 2.26. The fourth-order valence-corrected chi connectivity index (χ4v) is 2.30. The third kappa shape index (κ3) is 3.62. The van der Waals surface area contributed by atoms with Gasteiger partial charge in [-0.2, -0.15) is 0 Å². The van der Waals surface area contributed by atoms with Gasteiger partial charge in [-0.1, -0.05) is 30.3 Å². The van der Waals surface area contributed by atoms with Gasteiger partial charge in [0, 0.05) is 12.6 Å². The lowest BCUT2D eigenvalue weighted by Gasteiger charge is -2.16. The van der Waals surface area contributed by atoms with Crippen LogP contribution in [0.2, 0.25) is 0 Å². The van der Waals surface area contributed by atoms with Gasteiger partial charge >= 0.3 is 0 Å². The second-order valence-corrected chi connectivity index (χ2v) is 4.80. The summed E-state index contributed by atoms with van der Waals surface area (Å²) in [5.41, 5.74) is 1.39. The molecule has 0 spiro atoms. The third-order valence-electron chi connectivity index (χ3n) is 3.39. The van der Waals surface area contributed by atoms with Gasteiger partial charge in [-0.3, -0.25) is 0 Å². The number of nitrogens with zero attached hydrogens (tertiary/aromatic N) is 1. The van der Waals surface area contributed by atoms with Crippen molar-refractivity contribution in [1.82, 2.24) is 10.2 Å². The monoisotopic (exact) mass is 218 g/mol. The molecule has 0 radical (unpaired) electrons. The Bertz CT molecular complexity index is 297. The minimum Gasteiger partial charge on any atom is -0.310 e. The minimum absolute atomic E-state index is 0.699. The molecule has 1 aromatic rings. The van der Waals surface area contributed by atoms with E-state index >= 15 is 0 Å². The number of hydrogen-bond donors (Lipinski definition) is 1. The van der Waals surface area contributed by atoms with Crippen LogP contribution in [0.5, 0.6) is 0 Å². The summed E-state index contributed by atoms with van der Waals surface area (Å²) in [6, 6.07) is 11.4. The molecule has 1 heterocycles. The number of rotatable bonds is 3. The first-order chi connectivity index (χ1) is 7.84. The zero-order chi connectivity index (χ0) is 11.2. The van der Waals surface area contributed by atoms with Gasteiger partial charge < -0.3 is 10.2 Å². The highest BCUT2D eigenvalue weighted by Gasteiger charge is 2.13. The lowest BCUT2D eigenvalue weighted by atomic mass is 10.1. The Kier molecular flexibility index (Phi) is 4.37. The first-order valence-corrected chi connectivity index (χ1v) is 6.30. The van der Waals surface area contributed by atoms with Crippen LogP contribution in [0.1, 0.15) is 24.8 Å². The maximum absolute atomic E-state index is 3.67. The maximum atomic E-state index is 3.67. The second kappa shape index (κ2) is 6.02. The van der Waals surface area contributed by atoms with Crippen LogP contribution in [0.4, 0.5) is 0 Å². The molecule has 2 nitrogen and oxygen atoms in total. The van der Waals surface area contributed by atoms with E-state index in [1.165, 1.54) is 37.9 Å². The molecule has 0 aliphatic carbocycles. The summed E-state index contributed by atoms with van der Waals surface area (Å²) in [6.45, 7) is 3.49. The Morgan fingerprint density at radius 2 is 2.00 bits per heavy atom. The van der Waals surface area contributed by atoms with Gasteiger partial charge in [-0.15, -0.1) is 0 Å². The summed E-state index contributed by atoms with van der Waals surface area (Å²) in [5.74, 6) is 0. The van der Waals surface area contributed by atoms with E-state index in [0.29, 0.717) is 6.04 Å². The van der Waals surface area contributed by atoms with Crippen LogP contribution in [0, 0.1) is 0 Å². The van der Waals surface area contributed by atoms with Crippen molar-refractivity contribution in [3.05, 3.63) is 35.9 Å². The zero-order valence-corrected chi connectivity index (χ0v) is 10.2. The molecule has 1 unspecified atom stereocenters. The Hall–Kier alpha value is -0.860. The van der Waals surface area contributed by atoms with Gasteiger partial charge in [-0.05, 0) is 45.0 Å². The van der Waals surface area contributed by atoms with Crippen LogP contribution in [-0.4, -0.2) is 31.1 Å². The van der Waals surface area contributed by atoms with Crippen LogP contribution in [-0.2, 0) is 6.54 Å². The van der Waals surface area contributed by atoms with Crippen molar-refractivity contribution in [3.63, 3.8) is 0 Å². The van der Waals surface area contributed by atoms with E-state index in [1.54, 1.807) is 0 Å². The lowest BCUT2D eigenvalue weighted by molar-refractivity contribution is 0.343. The van der Waals surface area contributed by atoms with E-state index in [1.807, 2.05) is 0 Å². The van der Waals surface area contributed by atoms with Gasteiger partial charge in [0.05, 0.1) is 0 Å². The van der Waals surface area contributed by atoms with E-state index in [0.717, 1.165) is 6.54 Å². The van der Waals surface area contributed by atoms with E-state index in [9.17, 15) is 0 Å². The SMILES string of the molecule is CN1CCCC(NCc2ccccc2)CC1. The predicted molar refractivity (Wildman–Crippen MR) is 68.4 cm³/mol. The smallest absolute Gasteiger partial charge is 0.0208 e. The first-order valence-electron chi connectivity index (χ1n) is 6.30. The Labute approximate surface area is 98.7 Å². The van der Waals surface area contributed by atoms with Crippen LogP contribution >= 0.6 is 0 Å². The maximum Gasteiger partial charge on any atom is 0.0208 e. The molecule has 1 saturated heterocycles. The van der Waals surface area contributed by atoms with E-state index in [4.69, 9.17) is 0 Å². The molecule has 0 amide bonds. The van der Waals surface area contributed by atoms with Crippen molar-refractivity contribution < 1.29 is 0 Å². The van der Waals surface area contributed by atoms with Gasteiger partial charge in [0.1, 0.15) is 0 Å². The summed E-state index contributed by atoms with van der Waals surface area (Å²) < 4.78 is 0. The Balaban J connectivity index is 1.77. The molecule has 0 bridgehead atoms. The quantitative estimate of drug-likeness (QED) is 0.837. The van der Waals surface area contributed by atoms with Crippen molar-refractivity contribution in [3.8, 4) is 0 Å². The average molecular weight is 218 g/mol. The molecule has 1 aliphatic rings. The molecule has 1 fully saturated rings. The molecular formula is C14H22N2. The number of hydrogen-bond acceptors (Lipinski definition) is 2. The minimum atomic E-state index is 0.699. The topological polar surface area (TPSA) is 15.3 Å². The molecule has 1 atom stereocenters. The molecule has 16 heavy (non-hydrogen) atoms. The number of likely N-dealkylation sites (tertiary alicyclic amines) is 1. The highest BCUT2D eigenvalue weighted by Crippen LogP contribution is 2.10. The highest BCUT2D eigenvalue weighted by molar-refractivity contribution is 5.14. The first kappa shape index (κ1) is 11.6. The zero-order valence-electron chi connectivity index (χ0n) is 10.2. The third-order valence-corrected chi connectivity index (χ3v) is 3.39. The average Bonchev–Trinajstić information content (AvgIpc) is 2.53. The molecule has 1 N–H and O–H groups in total. The van der Waals surface area contributed by atoms with Crippen LogP contribution < -0.4 is 5.32 Å². The summed E-state index contributed by atoms with van der Waals surface area (Å²) >= 11 is 0. The van der Waals surface area contributed by atoms with E-state index in [-0.39, 0.29) is 0 Å². The Morgan fingerprint density at radius 1 is 1.19 bits per heavy atom. The van der Waals surface area contributed by atoms with Crippen molar-refractivity contribution in [2.45, 2.75) is 31.8 Å². The van der Waals surface area contributed by atoms with Crippen molar-refractivity contribution in [2.75, 3.05) is 20.1 Å². The molecule has 88 valence electrons. The molecular weight excluding hydrogens is 196 g/mol. The molecule has 2 heteroatoms. The van der Waals surface area contributed by atoms with Crippen LogP contribution in [0.25, 0.3) is 0 Å². The van der Waals surface area contributed by atoms with Crippen LogP contribution in [0.3, 0.4) is 0 Å². The largest absolute Gasteiger partial charge is 0.310 e. The van der Waals surface area contributed by atoms with Crippen molar-refractivity contribution in [1.29, 1.82) is 0 Å². The van der Waals surface area contributed by atoms with Crippen LogP contribution in [0.15, 0.2) is 30.3 Å². The molecule has 1 aliphatic heterocycles. The fourth-order valence-electron chi connectivity index (χ4n) is 2.30. The number of nitrogens with one attached hydrogen (secondary N) is 1. The van der Waals surface area contributed by atoms with E-state index < -0.39 is 0 Å². The van der Waals surface area contributed by atoms with Gasteiger partial charge in [0.2, 0.25) is 0 Å². The summed E-state index contributed by atoms with van der Waals surface area (Å²) in [4.78, 5) is 2.43. The van der Waals surface area contributed by atoms with Gasteiger partial charge in [0.25, 0.3) is 0 Å². The standard InChI is InChI=1S/C14H22N2/c1-16-10-5-8-14(9-11-16)15-12-13-6-3-2-4-7-13/h2-4,6-7,14-15H,5,8-12H2,1H3. The fraction of sp³-hybridized carbons (Fsp3) is 0.571. The van der Waals surface area contributed by atoms with Crippen molar-refractivity contribution in [2.24, 2.45) is 0 Å². The molecule has 1 aromatic carbocycles. The second-order valence-electron chi connectivity index (χ2n) is 4.80. The molecule has 0 saturated carbocycles. The summed E-state index contributed by atoms with van der Waals surface area (Å²) in [5, 5.41) is 3.67. The normalized spacial score (nSPS) is 22.9. The van der Waals surface area contributed by atoms with Gasteiger partial charge in [0.15, 0.2) is 0 Å². The summed E-state index contributed by atoms with van der Waals surface area (Å²) in [7, 11) is 2.22. The lowest BCUT2D eigenvalue weighted by Crippen LogP contribution is -2.29. The molecule has 0 aromatic heterocycles. The number of benzene rings is 1. The Morgan fingerprint density at radius 3 is 2.81 bits per heavy atom. The van der Waals surface area contributed by atoms with Gasteiger partial charge in [-0.25, -0.2) is 0 Å². The summed E-state index contributed by atoms with van der Waals surface area (Å²) in [6.07, 6.45) is 3.92. The highest BCUT2D eigenvalue weighted by atomic mass is 15.1. The van der Waals surface area contributed by atoms with Crippen molar-refractivity contribution >= 4 is 0 Å². The molecule has 2 rings (SSSR count).